The normalized spacial score (nSPS) is 23.1. The number of nitro groups is 1. The Balaban J connectivity index is 2.27. The molecule has 2 N–H and O–H groups in total. The Hall–Kier alpha value is -1.55. The summed E-state index contributed by atoms with van der Waals surface area (Å²) in [4.78, 5) is 9.92. The molecule has 1 saturated heterocycles. The van der Waals surface area contributed by atoms with Gasteiger partial charge in [0.05, 0.1) is 22.0 Å². The molecule has 0 saturated carbocycles. The molecule has 8 nitrogen and oxygen atoms in total. The number of sulfonamides is 1. The fourth-order valence-electron chi connectivity index (χ4n) is 2.11. The zero-order chi connectivity index (χ0) is 14.9. The van der Waals surface area contributed by atoms with Crippen molar-refractivity contribution in [2.24, 2.45) is 0 Å². The number of nitrogens with one attached hydrogen (secondary N) is 1. The van der Waals surface area contributed by atoms with Gasteiger partial charge in [0.15, 0.2) is 0 Å². The van der Waals surface area contributed by atoms with Gasteiger partial charge in [-0.05, 0) is 12.1 Å². The van der Waals surface area contributed by atoms with E-state index in [4.69, 9.17) is 0 Å². The van der Waals surface area contributed by atoms with Crippen LogP contribution in [-0.2, 0) is 10.0 Å². The third kappa shape index (κ3) is 2.66. The summed E-state index contributed by atoms with van der Waals surface area (Å²) < 4.78 is 25.8. The molecule has 1 aromatic rings. The van der Waals surface area contributed by atoms with Gasteiger partial charge >= 0.3 is 0 Å². The molecule has 0 bridgehead atoms. The molecule has 1 aromatic carbocycles. The van der Waals surface area contributed by atoms with E-state index in [0.717, 1.165) is 16.4 Å². The van der Waals surface area contributed by atoms with E-state index in [2.05, 4.69) is 5.32 Å². The number of aliphatic hydroxyl groups excluding tert-OH is 1. The summed E-state index contributed by atoms with van der Waals surface area (Å²) in [5, 5.41) is 23.2. The number of non-ortho nitro benzene ring substituents is 1. The Morgan fingerprint density at radius 2 is 1.95 bits per heavy atom. The molecular formula is C11H15N3O5S. The summed E-state index contributed by atoms with van der Waals surface area (Å²) in [7, 11) is -2.40. The maximum atomic E-state index is 12.4. The molecule has 1 fully saturated rings. The molecule has 110 valence electrons. The largest absolute Gasteiger partial charge is 0.390 e. The van der Waals surface area contributed by atoms with Gasteiger partial charge in [-0.3, -0.25) is 10.1 Å². The van der Waals surface area contributed by atoms with E-state index in [0.29, 0.717) is 13.1 Å². The lowest BCUT2D eigenvalue weighted by molar-refractivity contribution is -0.384. The van der Waals surface area contributed by atoms with Crippen molar-refractivity contribution in [2.45, 2.75) is 17.0 Å². The van der Waals surface area contributed by atoms with Gasteiger partial charge in [0.2, 0.25) is 10.0 Å². The molecule has 1 aliphatic heterocycles. The molecule has 9 heteroatoms. The van der Waals surface area contributed by atoms with E-state index in [9.17, 15) is 23.6 Å². The number of hydrogen-bond donors (Lipinski definition) is 2. The van der Waals surface area contributed by atoms with Gasteiger partial charge in [0.1, 0.15) is 0 Å². The number of rotatable bonds is 4. The number of aliphatic hydroxyl groups is 1. The van der Waals surface area contributed by atoms with Crippen molar-refractivity contribution in [3.63, 3.8) is 0 Å². The molecule has 0 aromatic heterocycles. The summed E-state index contributed by atoms with van der Waals surface area (Å²) in [6.45, 7) is 0.703. The first-order chi connectivity index (χ1) is 9.34. The first kappa shape index (κ1) is 14.9. The molecule has 0 aliphatic carbocycles. The van der Waals surface area contributed by atoms with Crippen LogP contribution in [0.2, 0.25) is 0 Å². The van der Waals surface area contributed by atoms with E-state index in [1.807, 2.05) is 0 Å². The monoisotopic (exact) mass is 301 g/mol. The van der Waals surface area contributed by atoms with Crippen molar-refractivity contribution < 1.29 is 18.4 Å². The van der Waals surface area contributed by atoms with Crippen molar-refractivity contribution in [2.75, 3.05) is 20.1 Å². The standard InChI is InChI=1S/C11H15N3O5S/c1-13(10-6-12-7-11(10)15)20(18,19)9-4-2-8(3-5-9)14(16)17/h2-5,10-12,15H,6-7H2,1H3/t10-,11-/m1/s1. The lowest BCUT2D eigenvalue weighted by Gasteiger charge is -2.25. The zero-order valence-electron chi connectivity index (χ0n) is 10.8. The third-order valence-corrected chi connectivity index (χ3v) is 5.24. The Morgan fingerprint density at radius 1 is 1.35 bits per heavy atom. The number of hydrogen-bond acceptors (Lipinski definition) is 6. The zero-order valence-corrected chi connectivity index (χ0v) is 11.6. The van der Waals surface area contributed by atoms with Crippen molar-refractivity contribution in [1.82, 2.24) is 9.62 Å². The fourth-order valence-corrected chi connectivity index (χ4v) is 3.49. The molecule has 1 heterocycles. The minimum Gasteiger partial charge on any atom is -0.390 e. The van der Waals surface area contributed by atoms with E-state index in [1.165, 1.54) is 19.2 Å². The van der Waals surface area contributed by atoms with Gasteiger partial charge in [0, 0.05) is 32.3 Å². The van der Waals surface area contributed by atoms with Gasteiger partial charge in [-0.1, -0.05) is 0 Å². The van der Waals surface area contributed by atoms with Crippen LogP contribution in [0.5, 0.6) is 0 Å². The van der Waals surface area contributed by atoms with Gasteiger partial charge in [-0.2, -0.15) is 4.31 Å². The number of benzene rings is 1. The van der Waals surface area contributed by atoms with Crippen molar-refractivity contribution >= 4 is 15.7 Å². The van der Waals surface area contributed by atoms with Crippen LogP contribution < -0.4 is 5.32 Å². The summed E-state index contributed by atoms with van der Waals surface area (Å²) in [5.74, 6) is 0. The van der Waals surface area contributed by atoms with Crippen LogP contribution in [-0.4, -0.2) is 55.0 Å². The first-order valence-electron chi connectivity index (χ1n) is 5.95. The minimum atomic E-state index is -3.79. The summed E-state index contributed by atoms with van der Waals surface area (Å²) in [5.41, 5.74) is -0.172. The molecule has 0 spiro atoms. The molecular weight excluding hydrogens is 286 g/mol. The molecule has 0 unspecified atom stereocenters. The van der Waals surface area contributed by atoms with Crippen LogP contribution in [0.15, 0.2) is 29.2 Å². The predicted molar refractivity (Wildman–Crippen MR) is 70.7 cm³/mol. The van der Waals surface area contributed by atoms with Crippen molar-refractivity contribution in [1.29, 1.82) is 0 Å². The average Bonchev–Trinajstić information content (AvgIpc) is 2.84. The van der Waals surface area contributed by atoms with Gasteiger partial charge < -0.3 is 10.4 Å². The molecule has 1 aliphatic rings. The summed E-state index contributed by atoms with van der Waals surface area (Å²) >= 11 is 0. The summed E-state index contributed by atoms with van der Waals surface area (Å²) in [6.07, 6.45) is -0.771. The van der Waals surface area contributed by atoms with Crippen LogP contribution in [0.4, 0.5) is 5.69 Å². The quantitative estimate of drug-likeness (QED) is 0.575. The predicted octanol–water partition coefficient (Wildman–Crippen LogP) is -0.452. The topological polar surface area (TPSA) is 113 Å². The molecule has 0 radical (unpaired) electrons. The van der Waals surface area contributed by atoms with Crippen LogP contribution >= 0.6 is 0 Å². The highest BCUT2D eigenvalue weighted by atomic mass is 32.2. The lowest BCUT2D eigenvalue weighted by atomic mass is 10.2. The highest BCUT2D eigenvalue weighted by Crippen LogP contribution is 2.21. The highest BCUT2D eigenvalue weighted by Gasteiger charge is 2.35. The van der Waals surface area contributed by atoms with E-state index < -0.39 is 27.1 Å². The number of nitrogens with zero attached hydrogens (tertiary/aromatic N) is 2. The number of nitro benzene ring substituents is 1. The molecule has 2 atom stereocenters. The first-order valence-corrected chi connectivity index (χ1v) is 7.39. The van der Waals surface area contributed by atoms with Crippen molar-refractivity contribution in [3.8, 4) is 0 Å². The maximum Gasteiger partial charge on any atom is 0.269 e. The maximum absolute atomic E-state index is 12.4. The van der Waals surface area contributed by atoms with E-state index in [-0.39, 0.29) is 10.6 Å². The lowest BCUT2D eigenvalue weighted by Crippen LogP contribution is -2.44. The highest BCUT2D eigenvalue weighted by molar-refractivity contribution is 7.89. The Labute approximate surface area is 116 Å². The number of β-amino-alcohol motifs (C(OH)–C–C–N with tert-alkyl or cyclic N) is 1. The fraction of sp³-hybridized carbons (Fsp3) is 0.455. The Morgan fingerprint density at radius 3 is 2.40 bits per heavy atom. The van der Waals surface area contributed by atoms with Crippen LogP contribution in [0, 0.1) is 10.1 Å². The average molecular weight is 301 g/mol. The Bertz CT molecular complexity index is 601. The van der Waals surface area contributed by atoms with Crippen molar-refractivity contribution in [3.05, 3.63) is 34.4 Å². The Kier molecular flexibility index (Phi) is 4.04. The minimum absolute atomic E-state index is 0.0373. The summed E-state index contributed by atoms with van der Waals surface area (Å²) in [6, 6.07) is 4.13. The molecule has 20 heavy (non-hydrogen) atoms. The molecule has 0 amide bonds. The SMILES string of the molecule is CN([C@@H]1CNC[C@H]1O)S(=O)(=O)c1ccc([N+](=O)[O-])cc1. The van der Waals surface area contributed by atoms with Gasteiger partial charge in [0.25, 0.3) is 5.69 Å². The van der Waals surface area contributed by atoms with E-state index in [1.54, 1.807) is 0 Å². The van der Waals surface area contributed by atoms with E-state index >= 15 is 0 Å². The molecule has 2 rings (SSSR count). The second-order valence-corrected chi connectivity index (χ2v) is 6.56. The second-order valence-electron chi connectivity index (χ2n) is 4.57. The van der Waals surface area contributed by atoms with Gasteiger partial charge in [-0.25, -0.2) is 8.42 Å². The van der Waals surface area contributed by atoms with Crippen LogP contribution in [0.25, 0.3) is 0 Å². The van der Waals surface area contributed by atoms with Crippen LogP contribution in [0.1, 0.15) is 0 Å². The second kappa shape index (κ2) is 5.44. The number of likely N-dealkylation sites (N-methyl/N-ethyl adjacent to an activating group) is 1. The van der Waals surface area contributed by atoms with Gasteiger partial charge in [-0.15, -0.1) is 0 Å². The smallest absolute Gasteiger partial charge is 0.269 e. The third-order valence-electron chi connectivity index (χ3n) is 3.34. The van der Waals surface area contributed by atoms with Crippen LogP contribution in [0.3, 0.4) is 0 Å².